The molecule has 0 aromatic heterocycles. The molecule has 0 bridgehead atoms. The maximum absolute atomic E-state index is 10.1. The lowest BCUT2D eigenvalue weighted by Crippen LogP contribution is -2.08. The van der Waals surface area contributed by atoms with E-state index in [0.29, 0.717) is 19.4 Å². The van der Waals surface area contributed by atoms with Gasteiger partial charge in [-0.25, -0.2) is 8.42 Å². The van der Waals surface area contributed by atoms with Crippen LogP contribution in [0.4, 0.5) is 0 Å². The van der Waals surface area contributed by atoms with Gasteiger partial charge in [0.05, 0.1) is 5.75 Å². The topological polar surface area (TPSA) is 84.0 Å². The summed E-state index contributed by atoms with van der Waals surface area (Å²) in [7, 11) is -3.50. The minimum absolute atomic E-state index is 0.0653. The molecule has 0 saturated heterocycles. The third-order valence-electron chi connectivity index (χ3n) is 0.867. The number of hydrogen-bond acceptors (Lipinski definition) is 3. The summed E-state index contributed by atoms with van der Waals surface area (Å²) in [6.07, 6.45) is 1.18. The molecule has 0 fully saturated rings. The zero-order valence-electron chi connectivity index (χ0n) is 5.13. The van der Waals surface area contributed by atoms with Gasteiger partial charge in [0.1, 0.15) is 0 Å². The van der Waals surface area contributed by atoms with Crippen molar-refractivity contribution in [1.29, 1.82) is 0 Å². The molecule has 3 N–H and O–H groups in total. The number of hydrogen-bond donors (Lipinski definition) is 1. The molecule has 0 aliphatic rings. The maximum Gasteiger partial charge on any atom is 0.225 e. The van der Waals surface area contributed by atoms with Crippen molar-refractivity contribution in [3.05, 3.63) is 0 Å². The number of sulfonamides is 1. The van der Waals surface area contributed by atoms with Crippen LogP contribution in [-0.4, -0.2) is 20.7 Å². The summed E-state index contributed by atoms with van der Waals surface area (Å²) in [5.41, 5.74) is 5.10. The van der Waals surface area contributed by atoms with Gasteiger partial charge in [-0.1, -0.05) is 0 Å². The Morgan fingerprint density at radius 1 is 1.33 bits per heavy atom. The van der Waals surface area contributed by atoms with Gasteiger partial charge in [-0.3, -0.25) is 0 Å². The van der Waals surface area contributed by atoms with Crippen molar-refractivity contribution < 1.29 is 8.42 Å². The summed E-state index contributed by atoms with van der Waals surface area (Å²) in [6, 6.07) is 0. The van der Waals surface area contributed by atoms with E-state index < -0.39 is 10.0 Å². The normalized spacial score (nSPS) is 11.8. The smallest absolute Gasteiger partial charge is 0.225 e. The van der Waals surface area contributed by atoms with E-state index in [1.807, 2.05) is 0 Å². The SMILES string of the molecule is [NH]S(=O)(=O)CCCCN. The molecule has 0 unspecified atom stereocenters. The van der Waals surface area contributed by atoms with Crippen molar-refractivity contribution in [2.45, 2.75) is 12.8 Å². The van der Waals surface area contributed by atoms with Crippen LogP contribution >= 0.6 is 0 Å². The highest BCUT2D eigenvalue weighted by Gasteiger charge is 2.00. The average Bonchev–Trinajstić information content (AvgIpc) is 1.63. The Hall–Kier alpha value is -0.130. The van der Waals surface area contributed by atoms with Crippen molar-refractivity contribution in [3.8, 4) is 0 Å². The summed E-state index contributed by atoms with van der Waals surface area (Å²) in [5.74, 6) is -0.0653. The maximum atomic E-state index is 10.1. The Bertz CT molecular complexity index is 152. The van der Waals surface area contributed by atoms with Crippen LogP contribution < -0.4 is 10.9 Å². The predicted octanol–water partition coefficient (Wildman–Crippen LogP) is -0.662. The molecule has 0 aliphatic carbocycles. The molecule has 55 valence electrons. The molecule has 0 amide bonds. The first kappa shape index (κ1) is 8.87. The Morgan fingerprint density at radius 2 is 1.89 bits per heavy atom. The van der Waals surface area contributed by atoms with Crippen molar-refractivity contribution in [3.63, 3.8) is 0 Å². The summed E-state index contributed by atoms with van der Waals surface area (Å²) < 4.78 is 20.3. The highest BCUT2D eigenvalue weighted by atomic mass is 32.2. The lowest BCUT2D eigenvalue weighted by Gasteiger charge is -1.93. The third kappa shape index (κ3) is 7.87. The second-order valence-corrected chi connectivity index (χ2v) is 3.45. The van der Waals surface area contributed by atoms with E-state index in [0.717, 1.165) is 0 Å². The first-order valence-electron chi connectivity index (χ1n) is 2.73. The van der Waals surface area contributed by atoms with Crippen LogP contribution in [0.5, 0.6) is 0 Å². The molecule has 0 saturated carbocycles. The van der Waals surface area contributed by atoms with E-state index in [1.54, 1.807) is 0 Å². The Morgan fingerprint density at radius 3 is 2.22 bits per heavy atom. The van der Waals surface area contributed by atoms with Gasteiger partial charge in [-0.05, 0) is 19.4 Å². The highest BCUT2D eigenvalue weighted by molar-refractivity contribution is 7.88. The van der Waals surface area contributed by atoms with Crippen LogP contribution in [0.15, 0.2) is 0 Å². The number of nitrogens with one attached hydrogen (secondary N) is 1. The largest absolute Gasteiger partial charge is 0.330 e. The van der Waals surface area contributed by atoms with Crippen molar-refractivity contribution in [2.75, 3.05) is 12.3 Å². The van der Waals surface area contributed by atoms with Crippen LogP contribution in [0.25, 0.3) is 0 Å². The van der Waals surface area contributed by atoms with Gasteiger partial charge in [-0.15, -0.1) is 5.14 Å². The van der Waals surface area contributed by atoms with E-state index in [4.69, 9.17) is 10.9 Å². The second-order valence-electron chi connectivity index (χ2n) is 1.81. The second kappa shape index (κ2) is 3.81. The molecule has 9 heavy (non-hydrogen) atoms. The van der Waals surface area contributed by atoms with Gasteiger partial charge in [0.15, 0.2) is 0 Å². The lowest BCUT2D eigenvalue weighted by molar-refractivity contribution is 0.592. The summed E-state index contributed by atoms with van der Waals surface area (Å²) in [6.45, 7) is 0.496. The minimum Gasteiger partial charge on any atom is -0.330 e. The molecule has 0 aliphatic heterocycles. The van der Waals surface area contributed by atoms with Crippen molar-refractivity contribution in [2.24, 2.45) is 5.73 Å². The number of rotatable bonds is 4. The highest BCUT2D eigenvalue weighted by Crippen LogP contribution is 1.89. The van der Waals surface area contributed by atoms with Gasteiger partial charge < -0.3 is 5.73 Å². The quantitative estimate of drug-likeness (QED) is 0.541. The predicted molar refractivity (Wildman–Crippen MR) is 35.2 cm³/mol. The van der Waals surface area contributed by atoms with Crippen LogP contribution in [0.1, 0.15) is 12.8 Å². The molecule has 0 aromatic carbocycles. The Kier molecular flexibility index (Phi) is 3.76. The first-order valence-corrected chi connectivity index (χ1v) is 4.39. The van der Waals surface area contributed by atoms with Crippen LogP contribution in [0, 0.1) is 0 Å². The summed E-state index contributed by atoms with van der Waals surface area (Å²) in [4.78, 5) is 0. The van der Waals surface area contributed by atoms with E-state index in [9.17, 15) is 8.42 Å². The van der Waals surface area contributed by atoms with Crippen LogP contribution in [-0.2, 0) is 10.0 Å². The fourth-order valence-electron chi connectivity index (χ4n) is 0.436. The average molecular weight is 151 g/mol. The molecule has 0 aromatic rings. The van der Waals surface area contributed by atoms with E-state index in [-0.39, 0.29) is 5.75 Å². The third-order valence-corrected chi connectivity index (χ3v) is 1.69. The Balaban J connectivity index is 3.30. The summed E-state index contributed by atoms with van der Waals surface area (Å²) in [5, 5.41) is 6.44. The molecule has 0 atom stereocenters. The number of nitrogens with two attached hydrogens (primary N) is 1. The molecular formula is C4H11N2O2S. The molecule has 5 heteroatoms. The molecule has 1 radical (unpaired) electrons. The molecule has 0 spiro atoms. The molecular weight excluding hydrogens is 140 g/mol. The van der Waals surface area contributed by atoms with Gasteiger partial charge in [0.25, 0.3) is 0 Å². The first-order chi connectivity index (χ1) is 4.06. The zero-order valence-corrected chi connectivity index (χ0v) is 5.95. The molecule has 4 nitrogen and oxygen atoms in total. The lowest BCUT2D eigenvalue weighted by atomic mass is 10.3. The van der Waals surface area contributed by atoms with Crippen molar-refractivity contribution in [1.82, 2.24) is 5.14 Å². The Labute approximate surface area is 55.3 Å². The van der Waals surface area contributed by atoms with Gasteiger partial charge >= 0.3 is 0 Å². The van der Waals surface area contributed by atoms with E-state index in [2.05, 4.69) is 0 Å². The fraction of sp³-hybridized carbons (Fsp3) is 1.00. The standard InChI is InChI=1S/C4H11N2O2S/c5-3-1-2-4-9(6,7)8/h6H,1-5H2. The van der Waals surface area contributed by atoms with Gasteiger partial charge in [-0.2, -0.15) is 0 Å². The minimum atomic E-state index is -3.50. The van der Waals surface area contributed by atoms with E-state index >= 15 is 0 Å². The zero-order chi connectivity index (χ0) is 7.33. The van der Waals surface area contributed by atoms with E-state index in [1.165, 1.54) is 0 Å². The van der Waals surface area contributed by atoms with Gasteiger partial charge in [0.2, 0.25) is 10.0 Å². The summed E-state index contributed by atoms with van der Waals surface area (Å²) >= 11 is 0. The van der Waals surface area contributed by atoms with Crippen LogP contribution in [0.2, 0.25) is 0 Å². The van der Waals surface area contributed by atoms with Crippen molar-refractivity contribution >= 4 is 10.0 Å². The molecule has 0 heterocycles. The fourth-order valence-corrected chi connectivity index (χ4v) is 1.02. The molecule has 0 rings (SSSR count). The van der Waals surface area contributed by atoms with Gasteiger partial charge in [0, 0.05) is 0 Å². The van der Waals surface area contributed by atoms with Crippen LogP contribution in [0.3, 0.4) is 0 Å². The number of unbranched alkanes of at least 4 members (excludes halogenated alkanes) is 1. The monoisotopic (exact) mass is 151 g/mol.